The molecule has 2 heterocycles. The van der Waals surface area contributed by atoms with Crippen LogP contribution >= 0.6 is 11.8 Å². The Bertz CT molecular complexity index is 2980. The topological polar surface area (TPSA) is 25.8 Å². The fourth-order valence-corrected chi connectivity index (χ4v) is 10.9. The van der Waals surface area contributed by atoms with Crippen molar-refractivity contribution in [2.45, 2.75) is 34.5 Å². The number of hydrogen-bond donors (Lipinski definition) is 0. The fourth-order valence-electron chi connectivity index (χ4n) is 9.62. The van der Waals surface area contributed by atoms with Crippen LogP contribution in [0.25, 0.3) is 55.8 Å². The van der Waals surface area contributed by atoms with Gasteiger partial charge in [0, 0.05) is 31.9 Å². The van der Waals surface area contributed by atoms with E-state index in [2.05, 4.69) is 202 Å². The van der Waals surface area contributed by atoms with E-state index in [1.165, 1.54) is 59.5 Å². The first kappa shape index (κ1) is 33.8. The van der Waals surface area contributed by atoms with Gasteiger partial charge in [-0.3, -0.25) is 0 Å². The number of nitrogens with zero attached hydrogens (tertiary/aromatic N) is 2. The zero-order valence-corrected chi connectivity index (χ0v) is 32.6. The van der Waals surface area contributed by atoms with Crippen molar-refractivity contribution in [3.63, 3.8) is 0 Å². The van der Waals surface area contributed by atoms with Crippen molar-refractivity contribution in [1.82, 2.24) is 9.97 Å². The first-order valence-corrected chi connectivity index (χ1v) is 20.5. The van der Waals surface area contributed by atoms with Gasteiger partial charge in [0.25, 0.3) is 0 Å². The molecule has 0 saturated carbocycles. The standard InChI is InChI=1S/C54H38N2S/c1-53(2)42-26-8-10-28-44(42)54(45-29-11-9-27-43(45)53)46-30-12-13-32-50(46)57-51-40(24-16-31-47(51)54)37-21-14-22-38(33-37)48-34-49(56-52(55-48)36-18-4-3-5-19-36)41-25-15-20-35-17-6-7-23-39(35)41/h3-34H,1-2H3. The highest BCUT2D eigenvalue weighted by molar-refractivity contribution is 7.99. The summed E-state index contributed by atoms with van der Waals surface area (Å²) in [6.45, 7) is 4.76. The minimum Gasteiger partial charge on any atom is -0.228 e. The number of aromatic nitrogens is 2. The molecule has 0 unspecified atom stereocenters. The molecule has 57 heavy (non-hydrogen) atoms. The first-order chi connectivity index (χ1) is 28.0. The summed E-state index contributed by atoms with van der Waals surface area (Å²) in [6, 6.07) is 70.7. The Morgan fingerprint density at radius 1 is 0.404 bits per heavy atom. The van der Waals surface area contributed by atoms with Crippen LogP contribution < -0.4 is 0 Å². The van der Waals surface area contributed by atoms with E-state index in [9.17, 15) is 0 Å². The number of rotatable bonds is 4. The van der Waals surface area contributed by atoms with E-state index in [0.29, 0.717) is 5.82 Å². The van der Waals surface area contributed by atoms with Crippen LogP contribution in [-0.4, -0.2) is 9.97 Å². The monoisotopic (exact) mass is 746 g/mol. The van der Waals surface area contributed by atoms with Gasteiger partial charge in [0.05, 0.1) is 16.8 Å². The van der Waals surface area contributed by atoms with Gasteiger partial charge < -0.3 is 0 Å². The minimum absolute atomic E-state index is 0.148. The van der Waals surface area contributed by atoms with Crippen molar-refractivity contribution in [2.75, 3.05) is 0 Å². The second kappa shape index (κ2) is 13.0. The molecule has 270 valence electrons. The molecule has 0 N–H and O–H groups in total. The van der Waals surface area contributed by atoms with Crippen molar-refractivity contribution in [3.8, 4) is 45.0 Å². The molecule has 0 saturated heterocycles. The smallest absolute Gasteiger partial charge is 0.160 e. The maximum Gasteiger partial charge on any atom is 0.160 e. The summed E-state index contributed by atoms with van der Waals surface area (Å²) in [5, 5.41) is 2.37. The lowest BCUT2D eigenvalue weighted by Crippen LogP contribution is -2.43. The minimum atomic E-state index is -0.474. The van der Waals surface area contributed by atoms with E-state index in [1.54, 1.807) is 0 Å². The molecule has 0 radical (unpaired) electrons. The molecule has 11 rings (SSSR count). The van der Waals surface area contributed by atoms with Gasteiger partial charge in [-0.1, -0.05) is 202 Å². The lowest BCUT2D eigenvalue weighted by molar-refractivity contribution is 0.549. The summed E-state index contributed by atoms with van der Waals surface area (Å²) in [4.78, 5) is 13.0. The molecule has 0 bridgehead atoms. The van der Waals surface area contributed by atoms with Crippen LogP contribution in [0.1, 0.15) is 47.2 Å². The number of benzene rings is 8. The molecule has 8 aromatic carbocycles. The zero-order chi connectivity index (χ0) is 38.1. The summed E-state index contributed by atoms with van der Waals surface area (Å²) in [5.74, 6) is 0.713. The Balaban J connectivity index is 1.13. The maximum atomic E-state index is 5.25. The Kier molecular flexibility index (Phi) is 7.71. The number of hydrogen-bond acceptors (Lipinski definition) is 3. The van der Waals surface area contributed by atoms with Crippen LogP contribution in [0.4, 0.5) is 0 Å². The summed E-state index contributed by atoms with van der Waals surface area (Å²) in [7, 11) is 0. The summed E-state index contributed by atoms with van der Waals surface area (Å²) in [6.07, 6.45) is 0. The van der Waals surface area contributed by atoms with Crippen molar-refractivity contribution in [1.29, 1.82) is 0 Å². The van der Waals surface area contributed by atoms with E-state index < -0.39 is 5.41 Å². The Morgan fingerprint density at radius 3 is 1.74 bits per heavy atom. The third kappa shape index (κ3) is 5.12. The average Bonchev–Trinajstić information content (AvgIpc) is 3.28. The SMILES string of the molecule is CC1(C)c2ccccc2C2(c3ccccc3Sc3c(-c4cccc(-c5cc(-c6cccc7ccccc67)nc(-c6ccccc6)n5)c4)cccc32)c2ccccc21. The van der Waals surface area contributed by atoms with Crippen molar-refractivity contribution in [2.24, 2.45) is 0 Å². The predicted molar refractivity (Wildman–Crippen MR) is 236 cm³/mol. The summed E-state index contributed by atoms with van der Waals surface area (Å²) >= 11 is 1.90. The second-order valence-corrected chi connectivity index (χ2v) is 16.7. The maximum absolute atomic E-state index is 5.25. The lowest BCUT2D eigenvalue weighted by atomic mass is 9.54. The van der Waals surface area contributed by atoms with Gasteiger partial charge in [-0.05, 0) is 73.5 Å². The number of fused-ring (bicyclic) bond motifs is 9. The van der Waals surface area contributed by atoms with E-state index in [-0.39, 0.29) is 5.41 Å². The van der Waals surface area contributed by atoms with Crippen molar-refractivity contribution in [3.05, 3.63) is 228 Å². The van der Waals surface area contributed by atoms with Gasteiger partial charge in [0.15, 0.2) is 5.82 Å². The van der Waals surface area contributed by atoms with Gasteiger partial charge >= 0.3 is 0 Å². The molecule has 2 aliphatic rings. The summed E-state index contributed by atoms with van der Waals surface area (Å²) < 4.78 is 0. The van der Waals surface area contributed by atoms with Crippen LogP contribution in [0.3, 0.4) is 0 Å². The van der Waals surface area contributed by atoms with E-state index in [0.717, 1.165) is 33.6 Å². The zero-order valence-electron chi connectivity index (χ0n) is 31.8. The predicted octanol–water partition coefficient (Wildman–Crippen LogP) is 13.8. The summed E-state index contributed by atoms with van der Waals surface area (Å²) in [5.41, 5.74) is 14.9. The second-order valence-electron chi connectivity index (χ2n) is 15.7. The van der Waals surface area contributed by atoms with E-state index in [4.69, 9.17) is 9.97 Å². The highest BCUT2D eigenvalue weighted by Crippen LogP contribution is 2.62. The molecular formula is C54H38N2S. The normalized spacial score (nSPS) is 14.4. The van der Waals surface area contributed by atoms with Crippen LogP contribution in [0.5, 0.6) is 0 Å². The molecule has 0 amide bonds. The van der Waals surface area contributed by atoms with Gasteiger partial charge in [-0.2, -0.15) is 0 Å². The molecule has 9 aromatic rings. The van der Waals surface area contributed by atoms with Gasteiger partial charge in [-0.15, -0.1) is 0 Å². The third-order valence-corrected chi connectivity index (χ3v) is 13.4. The molecule has 2 nitrogen and oxygen atoms in total. The molecule has 1 aromatic heterocycles. The van der Waals surface area contributed by atoms with Crippen LogP contribution in [0, 0.1) is 0 Å². The molecular weight excluding hydrogens is 709 g/mol. The lowest BCUT2D eigenvalue weighted by Gasteiger charge is -2.50. The van der Waals surface area contributed by atoms with Crippen LogP contribution in [0.15, 0.2) is 204 Å². The van der Waals surface area contributed by atoms with Crippen LogP contribution in [0.2, 0.25) is 0 Å². The highest BCUT2D eigenvalue weighted by Gasteiger charge is 2.52. The Hall–Kier alpha value is -6.55. The van der Waals surface area contributed by atoms with E-state index >= 15 is 0 Å². The Morgan fingerprint density at radius 2 is 0.947 bits per heavy atom. The molecule has 0 atom stereocenters. The molecule has 0 fully saturated rings. The highest BCUT2D eigenvalue weighted by atomic mass is 32.2. The van der Waals surface area contributed by atoms with Crippen molar-refractivity contribution < 1.29 is 0 Å². The molecule has 1 spiro atoms. The Labute approximate surface area is 338 Å². The van der Waals surface area contributed by atoms with Gasteiger partial charge in [0.1, 0.15) is 0 Å². The largest absolute Gasteiger partial charge is 0.228 e. The molecule has 3 heteroatoms. The van der Waals surface area contributed by atoms with Crippen LogP contribution in [-0.2, 0) is 10.8 Å². The quantitative estimate of drug-likeness (QED) is 0.179. The molecule has 1 aliphatic heterocycles. The van der Waals surface area contributed by atoms with Gasteiger partial charge in [-0.25, -0.2) is 9.97 Å². The van der Waals surface area contributed by atoms with Gasteiger partial charge in [0.2, 0.25) is 0 Å². The van der Waals surface area contributed by atoms with Crippen molar-refractivity contribution >= 4 is 22.5 Å². The average molecular weight is 747 g/mol. The first-order valence-electron chi connectivity index (χ1n) is 19.7. The van der Waals surface area contributed by atoms with E-state index in [1.807, 2.05) is 17.8 Å². The third-order valence-electron chi connectivity index (χ3n) is 12.2. The molecule has 1 aliphatic carbocycles. The fraction of sp³-hybridized carbons (Fsp3) is 0.0741.